The molecule has 1 saturated heterocycles. The number of rotatable bonds is 6. The van der Waals surface area contributed by atoms with Gasteiger partial charge in [-0.05, 0) is 50.9 Å². The first kappa shape index (κ1) is 22.1. The van der Waals surface area contributed by atoms with E-state index >= 15 is 0 Å². The number of hydrogen-bond donors (Lipinski definition) is 1. The van der Waals surface area contributed by atoms with E-state index in [9.17, 15) is 9.59 Å². The normalized spacial score (nSPS) is 14.8. The van der Waals surface area contributed by atoms with E-state index in [0.29, 0.717) is 12.3 Å². The fourth-order valence-corrected chi connectivity index (χ4v) is 4.33. The van der Waals surface area contributed by atoms with Crippen LogP contribution in [0.5, 0.6) is 0 Å². The predicted octanol–water partition coefficient (Wildman–Crippen LogP) is 2.39. The minimum absolute atomic E-state index is 0.206. The number of nitrogens with zero attached hydrogens (tertiary/aromatic N) is 4. The molecule has 1 aliphatic rings. The molecule has 8 heteroatoms. The third-order valence-corrected chi connectivity index (χ3v) is 6.19. The summed E-state index contributed by atoms with van der Waals surface area (Å²) in [5.41, 5.74) is 4.16. The third kappa shape index (κ3) is 4.41. The number of carbonyl (C=O) groups is 1. The Bertz CT molecular complexity index is 1190. The second kappa shape index (κ2) is 9.16. The molecule has 0 atom stereocenters. The second-order valence-electron chi connectivity index (χ2n) is 8.60. The van der Waals surface area contributed by atoms with Crippen LogP contribution in [-0.2, 0) is 7.05 Å². The van der Waals surface area contributed by atoms with Gasteiger partial charge in [-0.2, -0.15) is 0 Å². The summed E-state index contributed by atoms with van der Waals surface area (Å²) in [6, 6.07) is 6.62. The minimum atomic E-state index is -0.286. The Labute approximate surface area is 187 Å². The molecule has 1 aliphatic heterocycles. The summed E-state index contributed by atoms with van der Waals surface area (Å²) >= 11 is 0. The Morgan fingerprint density at radius 3 is 2.66 bits per heavy atom. The standard InChI is InChI=1S/C24H31N5O3/c1-16-6-7-17(2)19(14-16)29-12-10-28(11-13-29)9-5-8-25-22(30)20-18(3)32-23-21(20)24(31)27(4)15-26-23/h6-7,14-15H,5,8-13H2,1-4H3,(H,25,30). The lowest BCUT2D eigenvalue weighted by atomic mass is 10.1. The molecule has 32 heavy (non-hydrogen) atoms. The lowest BCUT2D eigenvalue weighted by Gasteiger charge is -2.37. The van der Waals surface area contributed by atoms with Crippen LogP contribution < -0.4 is 15.8 Å². The number of piperazine rings is 1. The summed E-state index contributed by atoms with van der Waals surface area (Å²) in [4.78, 5) is 34.2. The zero-order valence-electron chi connectivity index (χ0n) is 19.3. The highest BCUT2D eigenvalue weighted by atomic mass is 16.3. The molecule has 4 rings (SSSR count). The van der Waals surface area contributed by atoms with Gasteiger partial charge in [-0.1, -0.05) is 12.1 Å². The first-order valence-corrected chi connectivity index (χ1v) is 11.1. The van der Waals surface area contributed by atoms with Crippen LogP contribution in [-0.4, -0.2) is 59.6 Å². The maximum Gasteiger partial charge on any atom is 0.265 e. The smallest absolute Gasteiger partial charge is 0.265 e. The molecule has 0 bridgehead atoms. The summed E-state index contributed by atoms with van der Waals surface area (Å²) in [6.45, 7) is 11.5. The van der Waals surface area contributed by atoms with Gasteiger partial charge in [0.2, 0.25) is 5.71 Å². The van der Waals surface area contributed by atoms with E-state index in [4.69, 9.17) is 4.42 Å². The highest BCUT2D eigenvalue weighted by Gasteiger charge is 2.22. The fraction of sp³-hybridized carbons (Fsp3) is 0.458. The zero-order chi connectivity index (χ0) is 22.8. The van der Waals surface area contributed by atoms with Crippen LogP contribution in [0.25, 0.3) is 11.1 Å². The molecule has 2 aromatic heterocycles. The van der Waals surface area contributed by atoms with E-state index in [-0.39, 0.29) is 28.1 Å². The van der Waals surface area contributed by atoms with Gasteiger partial charge in [-0.15, -0.1) is 0 Å². The number of anilines is 1. The van der Waals surface area contributed by atoms with E-state index in [2.05, 4.69) is 52.1 Å². The third-order valence-electron chi connectivity index (χ3n) is 6.19. The molecule has 0 aliphatic carbocycles. The fourth-order valence-electron chi connectivity index (χ4n) is 4.33. The molecule has 1 amide bonds. The van der Waals surface area contributed by atoms with Crippen LogP contribution in [0.2, 0.25) is 0 Å². The first-order chi connectivity index (χ1) is 15.3. The number of aryl methyl sites for hydroxylation is 4. The van der Waals surface area contributed by atoms with Gasteiger partial charge >= 0.3 is 0 Å². The number of hydrogen-bond acceptors (Lipinski definition) is 6. The molecule has 1 fully saturated rings. The largest absolute Gasteiger partial charge is 0.442 e. The average molecular weight is 438 g/mol. The van der Waals surface area contributed by atoms with Gasteiger partial charge in [-0.25, -0.2) is 4.98 Å². The van der Waals surface area contributed by atoms with E-state index in [0.717, 1.165) is 39.1 Å². The molecule has 0 unspecified atom stereocenters. The first-order valence-electron chi connectivity index (χ1n) is 11.1. The zero-order valence-corrected chi connectivity index (χ0v) is 19.3. The Hall–Kier alpha value is -3.13. The van der Waals surface area contributed by atoms with Gasteiger partial charge in [0.05, 0.1) is 5.56 Å². The van der Waals surface area contributed by atoms with Crippen molar-refractivity contribution < 1.29 is 9.21 Å². The van der Waals surface area contributed by atoms with Crippen LogP contribution in [0.3, 0.4) is 0 Å². The summed E-state index contributed by atoms with van der Waals surface area (Å²) in [5, 5.41) is 3.18. The maximum absolute atomic E-state index is 12.7. The minimum Gasteiger partial charge on any atom is -0.442 e. The molecular formula is C24H31N5O3. The van der Waals surface area contributed by atoms with Gasteiger partial charge < -0.3 is 19.2 Å². The summed E-state index contributed by atoms with van der Waals surface area (Å²) in [5.74, 6) is 0.127. The van der Waals surface area contributed by atoms with E-state index in [1.807, 2.05) is 0 Å². The Morgan fingerprint density at radius 1 is 1.16 bits per heavy atom. The van der Waals surface area contributed by atoms with Crippen molar-refractivity contribution in [2.75, 3.05) is 44.2 Å². The molecule has 0 spiro atoms. The summed E-state index contributed by atoms with van der Waals surface area (Å²) in [7, 11) is 1.61. The topological polar surface area (TPSA) is 83.6 Å². The van der Waals surface area contributed by atoms with E-state index in [1.54, 1.807) is 14.0 Å². The van der Waals surface area contributed by atoms with Crippen LogP contribution in [0.1, 0.15) is 33.7 Å². The number of amides is 1. The average Bonchev–Trinajstić information content (AvgIpc) is 3.12. The SMILES string of the molecule is Cc1ccc(C)c(N2CCN(CCCNC(=O)c3c(C)oc4ncn(C)c(=O)c34)CC2)c1. The van der Waals surface area contributed by atoms with Crippen molar-refractivity contribution in [2.45, 2.75) is 27.2 Å². The summed E-state index contributed by atoms with van der Waals surface area (Å²) < 4.78 is 6.87. The van der Waals surface area contributed by atoms with Crippen LogP contribution in [0, 0.1) is 20.8 Å². The van der Waals surface area contributed by atoms with Crippen molar-refractivity contribution in [1.29, 1.82) is 0 Å². The number of fused-ring (bicyclic) bond motifs is 1. The van der Waals surface area contributed by atoms with Crippen molar-refractivity contribution in [3.05, 3.63) is 57.3 Å². The number of benzene rings is 1. The molecular weight excluding hydrogens is 406 g/mol. The van der Waals surface area contributed by atoms with Crippen LogP contribution >= 0.6 is 0 Å². The quantitative estimate of drug-likeness (QED) is 0.596. The molecule has 1 aromatic carbocycles. The number of furan rings is 1. The van der Waals surface area contributed by atoms with Crippen molar-refractivity contribution in [3.63, 3.8) is 0 Å². The monoisotopic (exact) mass is 437 g/mol. The highest BCUT2D eigenvalue weighted by Crippen LogP contribution is 2.23. The Kier molecular flexibility index (Phi) is 6.32. The van der Waals surface area contributed by atoms with E-state index in [1.165, 1.54) is 27.7 Å². The van der Waals surface area contributed by atoms with Gasteiger partial charge in [0.15, 0.2) is 0 Å². The summed E-state index contributed by atoms with van der Waals surface area (Å²) in [6.07, 6.45) is 2.25. The Morgan fingerprint density at radius 2 is 1.91 bits per heavy atom. The Balaban J connectivity index is 1.28. The van der Waals surface area contributed by atoms with Crippen LogP contribution in [0.15, 0.2) is 33.7 Å². The predicted molar refractivity (Wildman–Crippen MR) is 126 cm³/mol. The number of aromatic nitrogens is 2. The van der Waals surface area contributed by atoms with Crippen molar-refractivity contribution in [2.24, 2.45) is 7.05 Å². The van der Waals surface area contributed by atoms with Gasteiger partial charge in [0.1, 0.15) is 17.5 Å². The van der Waals surface area contributed by atoms with Gasteiger partial charge in [0.25, 0.3) is 11.5 Å². The number of carbonyl (C=O) groups excluding carboxylic acids is 1. The van der Waals surface area contributed by atoms with Gasteiger partial charge in [-0.3, -0.25) is 14.5 Å². The molecule has 0 saturated carbocycles. The number of nitrogens with one attached hydrogen (secondary N) is 1. The highest BCUT2D eigenvalue weighted by molar-refractivity contribution is 6.06. The van der Waals surface area contributed by atoms with E-state index < -0.39 is 0 Å². The van der Waals surface area contributed by atoms with Crippen molar-refractivity contribution in [3.8, 4) is 0 Å². The second-order valence-corrected chi connectivity index (χ2v) is 8.60. The molecule has 0 radical (unpaired) electrons. The van der Waals surface area contributed by atoms with Gasteiger partial charge in [0, 0.05) is 45.5 Å². The molecule has 8 nitrogen and oxygen atoms in total. The van der Waals surface area contributed by atoms with Crippen molar-refractivity contribution in [1.82, 2.24) is 19.8 Å². The molecule has 1 N–H and O–H groups in total. The van der Waals surface area contributed by atoms with Crippen molar-refractivity contribution >= 4 is 22.7 Å². The lowest BCUT2D eigenvalue weighted by molar-refractivity contribution is 0.0951. The molecule has 3 aromatic rings. The lowest BCUT2D eigenvalue weighted by Crippen LogP contribution is -2.47. The molecule has 3 heterocycles. The van der Waals surface area contributed by atoms with Crippen LogP contribution in [0.4, 0.5) is 5.69 Å². The molecule has 170 valence electrons. The maximum atomic E-state index is 12.7.